The molecule has 2 amide bonds. The summed E-state index contributed by atoms with van der Waals surface area (Å²) in [5.41, 5.74) is 0.141. The molecule has 142 valence electrons. The maximum atomic E-state index is 13.7. The lowest BCUT2D eigenvalue weighted by atomic mass is 10.1. The summed E-state index contributed by atoms with van der Waals surface area (Å²) in [5.74, 6) is -2.11. The summed E-state index contributed by atoms with van der Waals surface area (Å²) in [6.07, 6.45) is 0.257. The first-order valence-electron chi connectivity index (χ1n) is 8.75. The molecule has 5 nitrogen and oxygen atoms in total. The number of halogens is 2. The van der Waals surface area contributed by atoms with Crippen LogP contribution in [0, 0.1) is 17.6 Å². The van der Waals surface area contributed by atoms with Crippen molar-refractivity contribution in [2.24, 2.45) is 5.92 Å². The predicted molar refractivity (Wildman–Crippen MR) is 96.8 cm³/mol. The minimum Gasteiger partial charge on any atom is -0.494 e. The van der Waals surface area contributed by atoms with Crippen LogP contribution in [0.2, 0.25) is 0 Å². The minimum absolute atomic E-state index is 0.0597. The molecule has 1 fully saturated rings. The summed E-state index contributed by atoms with van der Waals surface area (Å²) in [5, 5.41) is 2.52. The van der Waals surface area contributed by atoms with E-state index in [1.54, 1.807) is 29.2 Å². The molecule has 7 heteroatoms. The summed E-state index contributed by atoms with van der Waals surface area (Å²) >= 11 is 0. The van der Waals surface area contributed by atoms with Crippen molar-refractivity contribution in [3.8, 4) is 5.75 Å². The van der Waals surface area contributed by atoms with Gasteiger partial charge < -0.3 is 15.0 Å². The Morgan fingerprint density at radius 3 is 2.48 bits per heavy atom. The summed E-state index contributed by atoms with van der Waals surface area (Å²) < 4.78 is 32.7. The molecular weight excluding hydrogens is 354 g/mol. The fourth-order valence-electron chi connectivity index (χ4n) is 3.10. The van der Waals surface area contributed by atoms with Crippen LogP contribution >= 0.6 is 0 Å². The minimum atomic E-state index is -0.911. The summed E-state index contributed by atoms with van der Waals surface area (Å²) in [7, 11) is 0. The number of hydrogen-bond acceptors (Lipinski definition) is 3. The number of benzene rings is 2. The number of ether oxygens (including phenoxy) is 1. The van der Waals surface area contributed by atoms with E-state index >= 15 is 0 Å². The second-order valence-corrected chi connectivity index (χ2v) is 6.31. The molecule has 1 aliphatic rings. The van der Waals surface area contributed by atoms with Crippen LogP contribution in [0.1, 0.15) is 23.7 Å². The molecule has 2 aromatic carbocycles. The topological polar surface area (TPSA) is 58.6 Å². The van der Waals surface area contributed by atoms with Crippen molar-refractivity contribution in [1.82, 2.24) is 5.32 Å². The van der Waals surface area contributed by atoms with Crippen molar-refractivity contribution in [2.75, 3.05) is 24.6 Å². The number of nitrogens with one attached hydrogen (secondary N) is 1. The van der Waals surface area contributed by atoms with Gasteiger partial charge in [-0.25, -0.2) is 8.78 Å². The molecule has 3 rings (SSSR count). The quantitative estimate of drug-likeness (QED) is 0.845. The lowest BCUT2D eigenvalue weighted by Gasteiger charge is -2.17. The number of anilines is 1. The van der Waals surface area contributed by atoms with Crippen molar-refractivity contribution in [2.45, 2.75) is 13.3 Å². The standard InChI is InChI=1S/C20H20F2N2O3/c1-2-27-15-8-6-14(7-9-15)24-12-13(10-18(24)25)11-23-20(26)19-16(21)4-3-5-17(19)22/h3-9,13H,2,10-12H2,1H3,(H,23,26). The molecular formula is C20H20F2N2O3. The van der Waals surface area contributed by atoms with E-state index in [0.717, 1.165) is 23.6 Å². The van der Waals surface area contributed by atoms with Crippen LogP contribution in [-0.4, -0.2) is 31.5 Å². The van der Waals surface area contributed by atoms with Crippen molar-refractivity contribution in [3.05, 3.63) is 59.7 Å². The van der Waals surface area contributed by atoms with Crippen LogP contribution in [0.25, 0.3) is 0 Å². The van der Waals surface area contributed by atoms with Gasteiger partial charge in [0.1, 0.15) is 22.9 Å². The second-order valence-electron chi connectivity index (χ2n) is 6.31. The van der Waals surface area contributed by atoms with Gasteiger partial charge in [-0.15, -0.1) is 0 Å². The normalized spacial score (nSPS) is 16.5. The summed E-state index contributed by atoms with van der Waals surface area (Å²) in [4.78, 5) is 26.0. The zero-order valence-corrected chi connectivity index (χ0v) is 14.9. The average Bonchev–Trinajstić information content (AvgIpc) is 3.01. The zero-order chi connectivity index (χ0) is 19.4. The van der Waals surface area contributed by atoms with Crippen LogP contribution in [-0.2, 0) is 4.79 Å². The van der Waals surface area contributed by atoms with Crippen molar-refractivity contribution in [1.29, 1.82) is 0 Å². The summed E-state index contributed by atoms with van der Waals surface area (Å²) in [6.45, 7) is 3.04. The highest BCUT2D eigenvalue weighted by Crippen LogP contribution is 2.26. The van der Waals surface area contributed by atoms with Crippen LogP contribution in [0.15, 0.2) is 42.5 Å². The Hall–Kier alpha value is -2.96. The SMILES string of the molecule is CCOc1ccc(N2CC(CNC(=O)c3c(F)cccc3F)CC2=O)cc1. The molecule has 1 aliphatic heterocycles. The molecule has 0 aliphatic carbocycles. The third kappa shape index (κ3) is 4.24. The van der Waals surface area contributed by atoms with E-state index in [2.05, 4.69) is 5.32 Å². The van der Waals surface area contributed by atoms with Gasteiger partial charge in [0.15, 0.2) is 0 Å². The van der Waals surface area contributed by atoms with Gasteiger partial charge in [-0.05, 0) is 43.3 Å². The molecule has 2 aromatic rings. The van der Waals surface area contributed by atoms with Crippen molar-refractivity contribution in [3.63, 3.8) is 0 Å². The highest BCUT2D eigenvalue weighted by Gasteiger charge is 2.31. The van der Waals surface area contributed by atoms with E-state index in [1.807, 2.05) is 6.92 Å². The zero-order valence-electron chi connectivity index (χ0n) is 14.9. The number of carbonyl (C=O) groups is 2. The molecule has 1 atom stereocenters. The van der Waals surface area contributed by atoms with Gasteiger partial charge in [0.2, 0.25) is 5.91 Å². The maximum absolute atomic E-state index is 13.7. The van der Waals surface area contributed by atoms with Crippen molar-refractivity contribution < 1.29 is 23.1 Å². The van der Waals surface area contributed by atoms with Crippen LogP contribution in [0.3, 0.4) is 0 Å². The highest BCUT2D eigenvalue weighted by atomic mass is 19.1. The van der Waals surface area contributed by atoms with E-state index < -0.39 is 23.1 Å². The Morgan fingerprint density at radius 2 is 1.85 bits per heavy atom. The van der Waals surface area contributed by atoms with Gasteiger partial charge in [0, 0.05) is 31.1 Å². The lowest BCUT2D eigenvalue weighted by molar-refractivity contribution is -0.117. The van der Waals surface area contributed by atoms with Gasteiger partial charge in [0.25, 0.3) is 5.91 Å². The van der Waals surface area contributed by atoms with Gasteiger partial charge in [-0.2, -0.15) is 0 Å². The van der Waals surface area contributed by atoms with Crippen LogP contribution < -0.4 is 15.0 Å². The van der Waals surface area contributed by atoms with Gasteiger partial charge in [0.05, 0.1) is 6.61 Å². The molecule has 0 radical (unpaired) electrons. The number of amides is 2. The van der Waals surface area contributed by atoms with Crippen LogP contribution in [0.5, 0.6) is 5.75 Å². The van der Waals surface area contributed by atoms with E-state index in [0.29, 0.717) is 13.2 Å². The number of carbonyl (C=O) groups excluding carboxylic acids is 2. The average molecular weight is 374 g/mol. The third-order valence-corrected chi connectivity index (χ3v) is 4.41. The van der Waals surface area contributed by atoms with Crippen LogP contribution in [0.4, 0.5) is 14.5 Å². The molecule has 0 bridgehead atoms. The third-order valence-electron chi connectivity index (χ3n) is 4.41. The second kappa shape index (κ2) is 8.16. The Bertz CT molecular complexity index is 819. The number of hydrogen-bond donors (Lipinski definition) is 1. The van der Waals surface area contributed by atoms with E-state index in [1.165, 1.54) is 6.07 Å². The molecule has 1 heterocycles. The number of rotatable bonds is 6. The first kappa shape index (κ1) is 18.8. The largest absolute Gasteiger partial charge is 0.494 e. The molecule has 1 saturated heterocycles. The Labute approximate surface area is 155 Å². The van der Waals surface area contributed by atoms with Gasteiger partial charge in [-0.3, -0.25) is 9.59 Å². The maximum Gasteiger partial charge on any atom is 0.257 e. The monoisotopic (exact) mass is 374 g/mol. The van der Waals surface area contributed by atoms with Crippen molar-refractivity contribution >= 4 is 17.5 Å². The fraction of sp³-hybridized carbons (Fsp3) is 0.300. The summed E-state index contributed by atoms with van der Waals surface area (Å²) in [6, 6.07) is 10.5. The molecule has 0 saturated carbocycles. The molecule has 0 spiro atoms. The molecule has 1 unspecified atom stereocenters. The van der Waals surface area contributed by atoms with E-state index in [4.69, 9.17) is 4.74 Å². The molecule has 0 aromatic heterocycles. The van der Waals surface area contributed by atoms with Gasteiger partial charge >= 0.3 is 0 Å². The smallest absolute Gasteiger partial charge is 0.257 e. The Morgan fingerprint density at radius 1 is 1.19 bits per heavy atom. The highest BCUT2D eigenvalue weighted by molar-refractivity contribution is 5.96. The molecule has 1 N–H and O–H groups in total. The number of nitrogens with zero attached hydrogens (tertiary/aromatic N) is 1. The predicted octanol–water partition coefficient (Wildman–Crippen LogP) is 3.15. The van der Waals surface area contributed by atoms with Gasteiger partial charge in [-0.1, -0.05) is 6.07 Å². The van der Waals surface area contributed by atoms with E-state index in [-0.39, 0.29) is 24.8 Å². The lowest BCUT2D eigenvalue weighted by Crippen LogP contribution is -2.32. The Balaban J connectivity index is 1.60. The molecule has 27 heavy (non-hydrogen) atoms. The first-order chi connectivity index (χ1) is 13.0. The van der Waals surface area contributed by atoms with E-state index in [9.17, 15) is 18.4 Å². The first-order valence-corrected chi connectivity index (χ1v) is 8.75. The fourth-order valence-corrected chi connectivity index (χ4v) is 3.10. The Kier molecular flexibility index (Phi) is 5.69.